The van der Waals surface area contributed by atoms with E-state index in [9.17, 15) is 9.18 Å². The molecule has 3 aliphatic rings. The van der Waals surface area contributed by atoms with Crippen LogP contribution in [0, 0.1) is 5.82 Å². The Morgan fingerprint density at radius 3 is 3.10 bits per heavy atom. The van der Waals surface area contributed by atoms with Gasteiger partial charge in [0.1, 0.15) is 17.2 Å². The second-order valence-electron chi connectivity index (χ2n) is 8.37. The van der Waals surface area contributed by atoms with Crippen LogP contribution in [0.25, 0.3) is 5.65 Å². The predicted molar refractivity (Wildman–Crippen MR) is 111 cm³/mol. The number of fused-ring (bicyclic) bond motifs is 6. The first kappa shape index (κ1) is 18.7. The molecule has 2 atom stereocenters. The molecule has 3 aromatic rings. The maximum atomic E-state index is 14.3. The molecule has 31 heavy (non-hydrogen) atoms. The van der Waals surface area contributed by atoms with Gasteiger partial charge in [0, 0.05) is 19.3 Å². The fraction of sp³-hybridized carbons (Fsp3) is 0.409. The van der Waals surface area contributed by atoms with Crippen LogP contribution >= 0.6 is 0 Å². The number of hydrogen-bond acceptors (Lipinski definition) is 6. The summed E-state index contributed by atoms with van der Waals surface area (Å²) >= 11 is 0. The van der Waals surface area contributed by atoms with Crippen LogP contribution in [-0.2, 0) is 11.2 Å². The van der Waals surface area contributed by atoms with Gasteiger partial charge < -0.3 is 9.64 Å². The van der Waals surface area contributed by atoms with Crippen LogP contribution in [0.3, 0.4) is 0 Å². The van der Waals surface area contributed by atoms with Gasteiger partial charge in [-0.15, -0.1) is 0 Å². The van der Waals surface area contributed by atoms with Gasteiger partial charge in [0.2, 0.25) is 0 Å². The molecule has 2 bridgehead atoms. The Morgan fingerprint density at radius 2 is 2.16 bits per heavy atom. The van der Waals surface area contributed by atoms with E-state index in [1.165, 1.54) is 6.07 Å². The van der Waals surface area contributed by atoms with E-state index >= 15 is 0 Å². The molecule has 0 aliphatic carbocycles. The van der Waals surface area contributed by atoms with Gasteiger partial charge in [-0.1, -0.05) is 6.07 Å². The topological polar surface area (TPSA) is 75.0 Å². The zero-order valence-corrected chi connectivity index (χ0v) is 17.0. The first-order chi connectivity index (χ1) is 15.2. The monoisotopic (exact) mass is 422 g/mol. The SMILES string of the molecule is O=C1NN2CCOC[C@@H]2Cc2ccc(F)cc2[C@H]2CCCN2c2ccn3ncc1c3n2. The Kier molecular flexibility index (Phi) is 4.39. The number of hydrogen-bond donors (Lipinski definition) is 1. The van der Waals surface area contributed by atoms with E-state index in [0.717, 1.165) is 36.3 Å². The number of morpholine rings is 1. The molecule has 1 amide bonds. The number of hydrazine groups is 1. The zero-order chi connectivity index (χ0) is 20.9. The molecule has 2 aromatic heterocycles. The summed E-state index contributed by atoms with van der Waals surface area (Å²) in [5.74, 6) is 0.310. The van der Waals surface area contributed by atoms with Crippen molar-refractivity contribution in [1.29, 1.82) is 0 Å². The minimum atomic E-state index is -0.235. The van der Waals surface area contributed by atoms with Gasteiger partial charge in [-0.25, -0.2) is 18.9 Å². The van der Waals surface area contributed by atoms with E-state index in [-0.39, 0.29) is 23.8 Å². The Bertz CT molecular complexity index is 1160. The summed E-state index contributed by atoms with van der Waals surface area (Å²) in [7, 11) is 0. The van der Waals surface area contributed by atoms with E-state index in [2.05, 4.69) is 15.4 Å². The molecule has 0 saturated carbocycles. The van der Waals surface area contributed by atoms with Gasteiger partial charge in [-0.3, -0.25) is 10.2 Å². The molecule has 2 saturated heterocycles. The van der Waals surface area contributed by atoms with Crippen molar-refractivity contribution in [2.24, 2.45) is 0 Å². The number of rotatable bonds is 0. The Balaban J connectivity index is 1.54. The first-order valence-electron chi connectivity index (χ1n) is 10.7. The maximum absolute atomic E-state index is 14.3. The van der Waals surface area contributed by atoms with Crippen LogP contribution < -0.4 is 10.3 Å². The summed E-state index contributed by atoms with van der Waals surface area (Å²) in [6.45, 7) is 2.46. The molecule has 5 heterocycles. The lowest BCUT2D eigenvalue weighted by atomic mass is 9.93. The van der Waals surface area contributed by atoms with Gasteiger partial charge in [0.25, 0.3) is 5.91 Å². The van der Waals surface area contributed by atoms with Crippen LogP contribution in [0.5, 0.6) is 0 Å². The minimum absolute atomic E-state index is 0.0365. The van der Waals surface area contributed by atoms with E-state index in [0.29, 0.717) is 37.4 Å². The summed E-state index contributed by atoms with van der Waals surface area (Å²) in [5, 5.41) is 6.24. The fourth-order valence-electron chi connectivity index (χ4n) is 5.02. The largest absolute Gasteiger partial charge is 0.378 e. The lowest BCUT2D eigenvalue weighted by molar-refractivity contribution is -0.0294. The highest BCUT2D eigenvalue weighted by atomic mass is 19.1. The Labute approximate surface area is 178 Å². The third-order valence-corrected chi connectivity index (χ3v) is 6.54. The van der Waals surface area contributed by atoms with Crippen molar-refractivity contribution in [3.05, 3.63) is 59.2 Å². The lowest BCUT2D eigenvalue weighted by Gasteiger charge is -2.36. The molecule has 0 spiro atoms. The third kappa shape index (κ3) is 3.16. The van der Waals surface area contributed by atoms with Gasteiger partial charge in [-0.05, 0) is 48.6 Å². The van der Waals surface area contributed by atoms with Gasteiger partial charge in [0.15, 0.2) is 5.65 Å². The second-order valence-corrected chi connectivity index (χ2v) is 8.37. The minimum Gasteiger partial charge on any atom is -0.378 e. The van der Waals surface area contributed by atoms with E-state index in [4.69, 9.17) is 9.72 Å². The van der Waals surface area contributed by atoms with Crippen LogP contribution in [0.15, 0.2) is 36.7 Å². The highest BCUT2D eigenvalue weighted by molar-refractivity contribution is 5.99. The summed E-state index contributed by atoms with van der Waals surface area (Å²) in [5.41, 5.74) is 6.06. The van der Waals surface area contributed by atoms with Crippen molar-refractivity contribution < 1.29 is 13.9 Å². The Morgan fingerprint density at radius 1 is 1.23 bits per heavy atom. The fourth-order valence-corrected chi connectivity index (χ4v) is 5.02. The van der Waals surface area contributed by atoms with Gasteiger partial charge in [0.05, 0.1) is 31.5 Å². The number of halogens is 1. The molecule has 6 rings (SSSR count). The third-order valence-electron chi connectivity index (χ3n) is 6.54. The van der Waals surface area contributed by atoms with Crippen molar-refractivity contribution in [2.45, 2.75) is 31.3 Å². The van der Waals surface area contributed by atoms with Crippen LogP contribution in [0.2, 0.25) is 0 Å². The van der Waals surface area contributed by atoms with Crippen LogP contribution in [0.1, 0.15) is 40.4 Å². The zero-order valence-electron chi connectivity index (χ0n) is 17.0. The number of amides is 1. The summed E-state index contributed by atoms with van der Waals surface area (Å²) in [6, 6.07) is 6.96. The van der Waals surface area contributed by atoms with Crippen molar-refractivity contribution in [3.8, 4) is 0 Å². The van der Waals surface area contributed by atoms with Crippen molar-refractivity contribution >= 4 is 17.4 Å². The van der Waals surface area contributed by atoms with Crippen molar-refractivity contribution in [1.82, 2.24) is 25.0 Å². The van der Waals surface area contributed by atoms with E-state index in [1.54, 1.807) is 16.8 Å². The lowest BCUT2D eigenvalue weighted by Crippen LogP contribution is -2.55. The molecule has 0 radical (unpaired) electrons. The number of nitrogens with zero attached hydrogens (tertiary/aromatic N) is 5. The van der Waals surface area contributed by atoms with E-state index < -0.39 is 0 Å². The normalized spacial score (nSPS) is 24.0. The second kappa shape index (κ2) is 7.28. The predicted octanol–water partition coefficient (Wildman–Crippen LogP) is 2.11. The van der Waals surface area contributed by atoms with Gasteiger partial charge >= 0.3 is 0 Å². The molecule has 9 heteroatoms. The molecule has 8 nitrogen and oxygen atoms in total. The maximum Gasteiger partial charge on any atom is 0.271 e. The molecule has 0 unspecified atom stereocenters. The molecule has 2 fully saturated rings. The summed E-state index contributed by atoms with van der Waals surface area (Å²) in [4.78, 5) is 20.1. The summed E-state index contributed by atoms with van der Waals surface area (Å²) < 4.78 is 21.7. The van der Waals surface area contributed by atoms with Gasteiger partial charge in [-0.2, -0.15) is 5.10 Å². The Hall–Kier alpha value is -3.04. The highest BCUT2D eigenvalue weighted by Crippen LogP contribution is 2.38. The number of carbonyl (C=O) groups is 1. The van der Waals surface area contributed by atoms with Crippen LogP contribution in [-0.4, -0.2) is 57.9 Å². The van der Waals surface area contributed by atoms with Crippen molar-refractivity contribution in [3.63, 3.8) is 0 Å². The number of aromatic nitrogens is 3. The molecular weight excluding hydrogens is 399 g/mol. The number of benzene rings is 1. The number of ether oxygens (including phenoxy) is 1. The molecular formula is C22H23FN6O2. The average molecular weight is 422 g/mol. The smallest absolute Gasteiger partial charge is 0.271 e. The van der Waals surface area contributed by atoms with E-state index in [1.807, 2.05) is 23.3 Å². The molecule has 1 N–H and O–H groups in total. The molecule has 160 valence electrons. The molecule has 3 aliphatic heterocycles. The number of anilines is 1. The van der Waals surface area contributed by atoms with Crippen LogP contribution in [0.4, 0.5) is 10.2 Å². The molecule has 1 aromatic carbocycles. The first-order valence-corrected chi connectivity index (χ1v) is 10.7. The number of carbonyl (C=O) groups excluding carboxylic acids is 1. The average Bonchev–Trinajstić information content (AvgIpc) is 3.42. The van der Waals surface area contributed by atoms with Crippen molar-refractivity contribution in [2.75, 3.05) is 31.2 Å². The quantitative estimate of drug-likeness (QED) is 0.598. The standard InChI is InChI=1S/C22H23FN6O2/c23-15-4-3-14-10-16-13-31-9-8-28(16)26-22(30)18-12-24-29-7-5-20(25-21(18)29)27-6-1-2-19(27)17(14)11-15/h3-5,7,11-12,16,19H,1-2,6,8-10,13H2,(H,26,30)/t16-,19+/m0/s1. The summed E-state index contributed by atoms with van der Waals surface area (Å²) in [6.07, 6.45) is 5.97. The number of nitrogens with one attached hydrogen (secondary N) is 1. The highest BCUT2D eigenvalue weighted by Gasteiger charge is 2.33.